The van der Waals surface area contributed by atoms with Crippen molar-refractivity contribution in [2.45, 2.75) is 39.3 Å². The average Bonchev–Trinajstić information content (AvgIpc) is 2.69. The minimum Gasteiger partial charge on any atom is -0.375 e. The van der Waals surface area contributed by atoms with Crippen LogP contribution in [0.1, 0.15) is 39.3 Å². The summed E-state index contributed by atoms with van der Waals surface area (Å²) in [5, 5.41) is 11.7. The molecule has 18 heavy (non-hydrogen) atoms. The lowest BCUT2D eigenvalue weighted by Crippen LogP contribution is -2.55. The number of aromatic nitrogens is 1. The second-order valence-corrected chi connectivity index (χ2v) is 6.11. The summed E-state index contributed by atoms with van der Waals surface area (Å²) < 4.78 is 0. The first kappa shape index (κ1) is 13.1. The SMILES string of the molecule is CC(c1cc2ccccc2[nH]1)C(N)(O)C(C)(C)C. The molecule has 1 aromatic heterocycles. The van der Waals surface area contributed by atoms with Gasteiger partial charge in [-0.05, 0) is 17.5 Å². The Kier molecular flexibility index (Phi) is 2.99. The number of para-hydroxylation sites is 1. The van der Waals surface area contributed by atoms with Gasteiger partial charge in [0.05, 0.1) is 0 Å². The molecular formula is C15H22N2O. The van der Waals surface area contributed by atoms with Gasteiger partial charge in [0.15, 0.2) is 0 Å². The van der Waals surface area contributed by atoms with Crippen LogP contribution >= 0.6 is 0 Å². The Labute approximate surface area is 108 Å². The van der Waals surface area contributed by atoms with E-state index in [1.54, 1.807) is 0 Å². The van der Waals surface area contributed by atoms with Gasteiger partial charge in [0, 0.05) is 22.5 Å². The number of H-pyrrole nitrogens is 1. The van der Waals surface area contributed by atoms with Gasteiger partial charge >= 0.3 is 0 Å². The van der Waals surface area contributed by atoms with Crippen LogP contribution in [0.2, 0.25) is 0 Å². The van der Waals surface area contributed by atoms with Crippen LogP contribution in [0, 0.1) is 5.41 Å². The second kappa shape index (κ2) is 4.11. The van der Waals surface area contributed by atoms with Crippen LogP contribution in [0.3, 0.4) is 0 Å². The predicted octanol–water partition coefficient (Wildman–Crippen LogP) is 2.96. The van der Waals surface area contributed by atoms with Crippen LogP contribution in [-0.2, 0) is 0 Å². The van der Waals surface area contributed by atoms with E-state index in [0.29, 0.717) is 0 Å². The highest BCUT2D eigenvalue weighted by Gasteiger charge is 2.42. The predicted molar refractivity (Wildman–Crippen MR) is 75.3 cm³/mol. The van der Waals surface area contributed by atoms with Gasteiger partial charge < -0.3 is 15.8 Å². The van der Waals surface area contributed by atoms with Crippen molar-refractivity contribution in [1.82, 2.24) is 4.98 Å². The van der Waals surface area contributed by atoms with E-state index in [0.717, 1.165) is 16.6 Å². The molecule has 1 aromatic carbocycles. The van der Waals surface area contributed by atoms with Crippen LogP contribution in [0.5, 0.6) is 0 Å². The molecular weight excluding hydrogens is 224 g/mol. The first-order valence-corrected chi connectivity index (χ1v) is 6.32. The second-order valence-electron chi connectivity index (χ2n) is 6.11. The molecule has 3 nitrogen and oxygen atoms in total. The maximum Gasteiger partial charge on any atom is 0.126 e. The molecule has 0 radical (unpaired) electrons. The summed E-state index contributed by atoms with van der Waals surface area (Å²) in [6.45, 7) is 7.81. The number of hydrogen-bond acceptors (Lipinski definition) is 2. The summed E-state index contributed by atoms with van der Waals surface area (Å²) >= 11 is 0. The van der Waals surface area contributed by atoms with Crippen molar-refractivity contribution in [3.05, 3.63) is 36.0 Å². The molecule has 0 bridgehead atoms. The van der Waals surface area contributed by atoms with Crippen molar-refractivity contribution >= 4 is 10.9 Å². The Balaban J connectivity index is 2.42. The molecule has 1 heterocycles. The number of rotatable bonds is 2. The Morgan fingerprint density at radius 1 is 1.22 bits per heavy atom. The maximum absolute atomic E-state index is 10.6. The molecule has 0 aliphatic carbocycles. The molecule has 98 valence electrons. The molecule has 0 aliphatic rings. The molecule has 2 aromatic rings. The minimum atomic E-state index is -1.26. The minimum absolute atomic E-state index is 0.162. The van der Waals surface area contributed by atoms with Crippen molar-refractivity contribution < 1.29 is 5.11 Å². The van der Waals surface area contributed by atoms with Gasteiger partial charge in [-0.25, -0.2) is 0 Å². The molecule has 0 saturated heterocycles. The summed E-state index contributed by atoms with van der Waals surface area (Å²) in [4.78, 5) is 3.33. The summed E-state index contributed by atoms with van der Waals surface area (Å²) in [6.07, 6.45) is 0. The lowest BCUT2D eigenvalue weighted by molar-refractivity contribution is -0.0719. The van der Waals surface area contributed by atoms with Crippen LogP contribution in [0.25, 0.3) is 10.9 Å². The summed E-state index contributed by atoms with van der Waals surface area (Å²) in [7, 11) is 0. The molecule has 4 N–H and O–H groups in total. The highest BCUT2D eigenvalue weighted by atomic mass is 16.3. The largest absolute Gasteiger partial charge is 0.375 e. The number of aromatic amines is 1. The van der Waals surface area contributed by atoms with Crippen LogP contribution in [0.15, 0.2) is 30.3 Å². The third-order valence-corrected chi connectivity index (χ3v) is 3.88. The first-order chi connectivity index (χ1) is 8.23. The topological polar surface area (TPSA) is 62.0 Å². The van der Waals surface area contributed by atoms with Gasteiger partial charge in [-0.3, -0.25) is 0 Å². The van der Waals surface area contributed by atoms with Gasteiger partial charge in [-0.15, -0.1) is 0 Å². The average molecular weight is 246 g/mol. The van der Waals surface area contributed by atoms with Crippen LogP contribution in [0.4, 0.5) is 0 Å². The fraction of sp³-hybridized carbons (Fsp3) is 0.467. The fourth-order valence-electron chi connectivity index (χ4n) is 2.22. The van der Waals surface area contributed by atoms with Crippen LogP contribution in [-0.4, -0.2) is 15.8 Å². The number of nitrogens with one attached hydrogen (secondary N) is 1. The van der Waals surface area contributed by atoms with E-state index < -0.39 is 5.72 Å². The van der Waals surface area contributed by atoms with Gasteiger partial charge in [-0.2, -0.15) is 0 Å². The van der Waals surface area contributed by atoms with E-state index in [1.165, 1.54) is 0 Å². The Bertz CT molecular complexity index is 516. The quantitative estimate of drug-likeness (QED) is 0.713. The van der Waals surface area contributed by atoms with Crippen molar-refractivity contribution in [3.8, 4) is 0 Å². The van der Waals surface area contributed by atoms with E-state index in [2.05, 4.69) is 17.1 Å². The summed E-state index contributed by atoms with van der Waals surface area (Å²) in [5.41, 5.74) is 6.53. The number of aliphatic hydroxyl groups is 1. The molecule has 2 rings (SSSR count). The number of hydrogen-bond donors (Lipinski definition) is 3. The van der Waals surface area contributed by atoms with E-state index in [4.69, 9.17) is 5.73 Å². The van der Waals surface area contributed by atoms with E-state index in [9.17, 15) is 5.11 Å². The Morgan fingerprint density at radius 2 is 1.83 bits per heavy atom. The first-order valence-electron chi connectivity index (χ1n) is 6.32. The molecule has 3 heteroatoms. The van der Waals surface area contributed by atoms with Gasteiger partial charge in [-0.1, -0.05) is 45.9 Å². The fourth-order valence-corrected chi connectivity index (χ4v) is 2.22. The number of benzene rings is 1. The molecule has 2 unspecified atom stereocenters. The standard InChI is InChI=1S/C15H22N2O/c1-10(15(16,18)14(2,3)4)13-9-11-7-5-6-8-12(11)17-13/h5-10,17-18H,16H2,1-4H3. The molecule has 0 saturated carbocycles. The lowest BCUT2D eigenvalue weighted by atomic mass is 9.75. The zero-order valence-electron chi connectivity index (χ0n) is 11.5. The van der Waals surface area contributed by atoms with Crippen molar-refractivity contribution in [2.75, 3.05) is 0 Å². The molecule has 0 fully saturated rings. The molecule has 0 aliphatic heterocycles. The Morgan fingerprint density at radius 3 is 2.39 bits per heavy atom. The summed E-state index contributed by atoms with van der Waals surface area (Å²) in [5.74, 6) is -0.162. The number of nitrogens with two attached hydrogens (primary N) is 1. The molecule has 0 spiro atoms. The van der Waals surface area contributed by atoms with E-state index in [1.807, 2.05) is 45.9 Å². The Hall–Kier alpha value is -1.32. The monoisotopic (exact) mass is 246 g/mol. The van der Waals surface area contributed by atoms with Crippen molar-refractivity contribution in [1.29, 1.82) is 0 Å². The third kappa shape index (κ3) is 2.04. The smallest absolute Gasteiger partial charge is 0.126 e. The van der Waals surface area contributed by atoms with Gasteiger partial charge in [0.25, 0.3) is 0 Å². The maximum atomic E-state index is 10.6. The van der Waals surface area contributed by atoms with Crippen molar-refractivity contribution in [3.63, 3.8) is 0 Å². The van der Waals surface area contributed by atoms with Gasteiger partial charge in [0.2, 0.25) is 0 Å². The molecule has 2 atom stereocenters. The highest BCUT2D eigenvalue weighted by Crippen LogP contribution is 2.38. The van der Waals surface area contributed by atoms with E-state index >= 15 is 0 Å². The van der Waals surface area contributed by atoms with Crippen LogP contribution < -0.4 is 5.73 Å². The number of fused-ring (bicyclic) bond motifs is 1. The van der Waals surface area contributed by atoms with Crippen molar-refractivity contribution in [2.24, 2.45) is 11.1 Å². The van der Waals surface area contributed by atoms with E-state index in [-0.39, 0.29) is 11.3 Å². The third-order valence-electron chi connectivity index (χ3n) is 3.88. The summed E-state index contributed by atoms with van der Waals surface area (Å²) in [6, 6.07) is 10.1. The van der Waals surface area contributed by atoms with Gasteiger partial charge in [0.1, 0.15) is 5.72 Å². The molecule has 0 amide bonds. The normalized spacial score (nSPS) is 17.7. The highest BCUT2D eigenvalue weighted by molar-refractivity contribution is 5.80. The zero-order chi connectivity index (χ0) is 13.6. The lowest BCUT2D eigenvalue weighted by Gasteiger charge is -2.41. The zero-order valence-corrected chi connectivity index (χ0v) is 11.5.